The molecule has 9 atom stereocenters. The van der Waals surface area contributed by atoms with Crippen LogP contribution in [0.3, 0.4) is 0 Å². The van der Waals surface area contributed by atoms with Crippen LogP contribution in [0.2, 0.25) is 0 Å². The van der Waals surface area contributed by atoms with Crippen LogP contribution in [-0.4, -0.2) is 114 Å². The Bertz CT molecular complexity index is 1720. The van der Waals surface area contributed by atoms with Gasteiger partial charge in [-0.3, -0.25) is 13.7 Å². The average molecular weight is 613 g/mol. The fraction of sp³-hybridized carbons (Fsp3) is 0.500. The van der Waals surface area contributed by atoms with Crippen molar-refractivity contribution < 1.29 is 43.9 Å². The largest absolute Gasteiger partial charge is 0.394 e. The molecule has 2 aliphatic heterocycles. The van der Waals surface area contributed by atoms with Gasteiger partial charge in [-0.05, 0) is 0 Å². The second-order valence-corrected chi connectivity index (χ2v) is 11.9. The van der Waals surface area contributed by atoms with Crippen LogP contribution in [-0.2, 0) is 18.6 Å². The highest BCUT2D eigenvalue weighted by atomic mass is 32.1. The number of hydrogen-bond donors (Lipinski definition) is 8. The molecule has 0 radical (unpaired) electrons. The lowest BCUT2D eigenvalue weighted by molar-refractivity contribution is -0.0496. The molecule has 220 valence electrons. The summed E-state index contributed by atoms with van der Waals surface area (Å²) >= 11 is 5.17. The van der Waals surface area contributed by atoms with E-state index < -0.39 is 69.4 Å². The molecule has 6 heterocycles. The summed E-state index contributed by atoms with van der Waals surface area (Å²) in [6, 6.07) is 0. The van der Waals surface area contributed by atoms with E-state index in [-0.39, 0.29) is 38.7 Å². The van der Waals surface area contributed by atoms with Crippen molar-refractivity contribution in [1.82, 2.24) is 39.0 Å². The molecule has 2 saturated heterocycles. The van der Waals surface area contributed by atoms with Gasteiger partial charge in [0.1, 0.15) is 59.2 Å². The van der Waals surface area contributed by atoms with E-state index in [9.17, 15) is 29.9 Å². The third-order valence-electron chi connectivity index (χ3n) is 7.06. The number of nitrogens with two attached hydrogens (primary N) is 2. The normalized spacial score (nSPS) is 31.7. The molecule has 0 saturated carbocycles. The standard InChI is InChI=1S/C20H25N10O9PS/c21-14-8-15(24-3-23-14)29(4-25-8)18-12(34)10(32)7(39-18)2-37-40(35,36)13-11(33)6(1-31)38-19(13)30-5-26-9-16(30)27-20(22)28-17(9)41/h3-7,10-13,18-19,31-34H,1-2H2,(H,35,36)(H2,21,23,24)(H3,22,27,28,41)/t6-,7-,10-,11-,12-,13-,18-,19-/m1/s1. The minimum atomic E-state index is -4.82. The number of nitrogen functional groups attached to an aromatic ring is 2. The summed E-state index contributed by atoms with van der Waals surface area (Å²) in [7, 11) is -4.82. The van der Waals surface area contributed by atoms with Gasteiger partial charge in [-0.15, -0.1) is 0 Å². The van der Waals surface area contributed by atoms with Gasteiger partial charge < -0.3 is 55.8 Å². The zero-order valence-corrected chi connectivity index (χ0v) is 22.5. The monoisotopic (exact) mass is 612 g/mol. The lowest BCUT2D eigenvalue weighted by Crippen LogP contribution is -2.36. The van der Waals surface area contributed by atoms with Crippen molar-refractivity contribution in [3.05, 3.63) is 23.6 Å². The van der Waals surface area contributed by atoms with E-state index in [1.165, 1.54) is 28.1 Å². The van der Waals surface area contributed by atoms with Gasteiger partial charge in [-0.2, -0.15) is 0 Å². The molecule has 0 aromatic carbocycles. The third-order valence-corrected chi connectivity index (χ3v) is 9.17. The number of aliphatic hydroxyl groups excluding tert-OH is 4. The van der Waals surface area contributed by atoms with Crippen LogP contribution in [0, 0.1) is 4.64 Å². The van der Waals surface area contributed by atoms with Gasteiger partial charge in [0.25, 0.3) is 0 Å². The predicted octanol–water partition coefficient (Wildman–Crippen LogP) is -2.07. The number of ether oxygens (including phenoxy) is 2. The van der Waals surface area contributed by atoms with Gasteiger partial charge in [0.05, 0.1) is 25.9 Å². The Kier molecular flexibility index (Phi) is 7.01. The number of fused-ring (bicyclic) bond motifs is 2. The maximum absolute atomic E-state index is 13.6. The highest BCUT2D eigenvalue weighted by Crippen LogP contribution is 2.57. The van der Waals surface area contributed by atoms with E-state index >= 15 is 0 Å². The number of anilines is 2. The highest BCUT2D eigenvalue weighted by Gasteiger charge is 2.55. The Morgan fingerprint density at radius 3 is 2.46 bits per heavy atom. The molecule has 4 aromatic rings. The summed E-state index contributed by atoms with van der Waals surface area (Å²) in [6.45, 7) is -1.35. The minimum absolute atomic E-state index is 0.0539. The summed E-state index contributed by atoms with van der Waals surface area (Å²) in [5.41, 5.74) is 10.8. The first-order valence-electron chi connectivity index (χ1n) is 12.1. The van der Waals surface area contributed by atoms with Crippen molar-refractivity contribution in [3.63, 3.8) is 0 Å². The number of nitrogens with zero attached hydrogens (tertiary/aromatic N) is 7. The molecule has 6 rings (SSSR count). The maximum atomic E-state index is 13.6. The summed E-state index contributed by atoms with van der Waals surface area (Å²) in [4.78, 5) is 33.9. The molecule has 0 aliphatic carbocycles. The van der Waals surface area contributed by atoms with Gasteiger partial charge in [0.15, 0.2) is 34.5 Å². The number of H-pyrrole nitrogens is 1. The van der Waals surface area contributed by atoms with E-state index in [0.29, 0.717) is 0 Å². The van der Waals surface area contributed by atoms with E-state index in [1.54, 1.807) is 0 Å². The quantitative estimate of drug-likeness (QED) is 0.0821. The van der Waals surface area contributed by atoms with Crippen LogP contribution in [0.5, 0.6) is 0 Å². The molecule has 10 N–H and O–H groups in total. The van der Waals surface area contributed by atoms with E-state index in [4.69, 9.17) is 37.7 Å². The van der Waals surface area contributed by atoms with E-state index in [2.05, 4.69) is 29.9 Å². The molecule has 2 fully saturated rings. The Balaban J connectivity index is 1.25. The van der Waals surface area contributed by atoms with Gasteiger partial charge >= 0.3 is 7.60 Å². The summed E-state index contributed by atoms with van der Waals surface area (Å²) in [5, 5.41) is 41.9. The molecular formula is C20H25N10O9PS. The molecule has 2 aliphatic rings. The number of nitrogens with one attached hydrogen (secondary N) is 1. The number of aromatic nitrogens is 8. The number of aromatic amines is 1. The van der Waals surface area contributed by atoms with Crippen molar-refractivity contribution in [3.8, 4) is 0 Å². The smallest absolute Gasteiger partial charge is 0.338 e. The Morgan fingerprint density at radius 1 is 1.00 bits per heavy atom. The molecular weight excluding hydrogens is 587 g/mol. The Hall–Kier alpha value is -3.17. The number of imidazole rings is 2. The summed E-state index contributed by atoms with van der Waals surface area (Å²) in [6.07, 6.45) is -6.06. The molecule has 0 amide bonds. The molecule has 0 spiro atoms. The van der Waals surface area contributed by atoms with Crippen LogP contribution in [0.25, 0.3) is 22.3 Å². The average Bonchev–Trinajstić information content (AvgIpc) is 3.68. The Morgan fingerprint density at radius 2 is 1.71 bits per heavy atom. The molecule has 1 unspecified atom stereocenters. The topological polar surface area (TPSA) is 288 Å². The Labute approximate surface area is 233 Å². The van der Waals surface area contributed by atoms with Crippen molar-refractivity contribution in [1.29, 1.82) is 0 Å². The van der Waals surface area contributed by atoms with Crippen molar-refractivity contribution in [2.75, 3.05) is 24.7 Å². The SMILES string of the molecule is Nc1nc(=S)c2ncn([C@@H]3O[C@H](CO)[C@@H](O)[C@H]3P(=O)(O)OC[C@H]3O[C@@H](n4cnc5c(N)ncnc54)[C@H](O)[C@@H]3O)c2[nH]1. The zero-order chi connectivity index (χ0) is 29.2. The highest BCUT2D eigenvalue weighted by molar-refractivity contribution is 7.71. The van der Waals surface area contributed by atoms with Gasteiger partial charge in [0.2, 0.25) is 0 Å². The third kappa shape index (κ3) is 4.57. The minimum Gasteiger partial charge on any atom is -0.394 e. The fourth-order valence-corrected chi connectivity index (χ4v) is 6.92. The van der Waals surface area contributed by atoms with Crippen LogP contribution in [0.4, 0.5) is 11.8 Å². The second-order valence-electron chi connectivity index (χ2n) is 9.49. The van der Waals surface area contributed by atoms with Crippen LogP contribution in [0.1, 0.15) is 12.5 Å². The molecule has 41 heavy (non-hydrogen) atoms. The van der Waals surface area contributed by atoms with Crippen LogP contribution < -0.4 is 11.5 Å². The van der Waals surface area contributed by atoms with Crippen LogP contribution >= 0.6 is 19.8 Å². The molecule has 21 heteroatoms. The molecule has 0 bridgehead atoms. The van der Waals surface area contributed by atoms with Crippen LogP contribution in [0.15, 0.2) is 19.0 Å². The van der Waals surface area contributed by atoms with Gasteiger partial charge in [-0.1, -0.05) is 12.2 Å². The van der Waals surface area contributed by atoms with Crippen molar-refractivity contribution in [2.24, 2.45) is 0 Å². The number of rotatable bonds is 7. The predicted molar refractivity (Wildman–Crippen MR) is 139 cm³/mol. The van der Waals surface area contributed by atoms with E-state index in [1.807, 2.05) is 0 Å². The lowest BCUT2D eigenvalue weighted by atomic mass is 10.1. The first-order valence-corrected chi connectivity index (χ1v) is 14.2. The first kappa shape index (κ1) is 28.0. The maximum Gasteiger partial charge on any atom is 0.338 e. The number of hydrogen-bond acceptors (Lipinski definition) is 16. The summed E-state index contributed by atoms with van der Waals surface area (Å²) in [5.74, 6) is 0.0453. The van der Waals surface area contributed by atoms with Crippen molar-refractivity contribution in [2.45, 2.75) is 48.6 Å². The van der Waals surface area contributed by atoms with Crippen molar-refractivity contribution >= 4 is 53.9 Å². The number of aliphatic hydroxyl groups is 4. The second kappa shape index (κ2) is 10.3. The lowest BCUT2D eigenvalue weighted by Gasteiger charge is -2.27. The first-order chi connectivity index (χ1) is 19.5. The van der Waals surface area contributed by atoms with Gasteiger partial charge in [-0.25, -0.2) is 24.9 Å². The fourth-order valence-electron chi connectivity index (χ4n) is 5.03. The van der Waals surface area contributed by atoms with Gasteiger partial charge in [0, 0.05) is 0 Å². The zero-order valence-electron chi connectivity index (χ0n) is 20.8. The molecule has 4 aromatic heterocycles. The summed E-state index contributed by atoms with van der Waals surface area (Å²) < 4.78 is 33.1. The molecule has 19 nitrogen and oxygen atoms in total. The van der Waals surface area contributed by atoms with E-state index in [0.717, 1.165) is 0 Å².